The molecule has 9 nitrogen and oxygen atoms in total. The predicted octanol–water partition coefficient (Wildman–Crippen LogP) is 4.79. The van der Waals surface area contributed by atoms with Crippen LogP contribution in [-0.2, 0) is 30.5 Å². The number of alkyl carbamates (subject to hydrolysis) is 1. The van der Waals surface area contributed by atoms with Gasteiger partial charge in [0.15, 0.2) is 0 Å². The van der Waals surface area contributed by atoms with Crippen LogP contribution in [0.3, 0.4) is 0 Å². The summed E-state index contributed by atoms with van der Waals surface area (Å²) < 4.78 is 11.0. The van der Waals surface area contributed by atoms with Gasteiger partial charge in [0.2, 0.25) is 5.91 Å². The largest absolute Gasteiger partial charge is 0.481 e. The van der Waals surface area contributed by atoms with E-state index in [4.69, 9.17) is 9.47 Å². The fourth-order valence-corrected chi connectivity index (χ4v) is 5.80. The Kier molecular flexibility index (Phi) is 9.16. The van der Waals surface area contributed by atoms with Gasteiger partial charge >= 0.3 is 18.0 Å². The summed E-state index contributed by atoms with van der Waals surface area (Å²) in [6.07, 6.45) is 0.876. The van der Waals surface area contributed by atoms with Crippen LogP contribution in [0.1, 0.15) is 54.7 Å². The van der Waals surface area contributed by atoms with E-state index in [1.165, 1.54) is 0 Å². The fraction of sp³-hybridized carbons (Fsp3) is 0.333. The molecule has 3 aromatic rings. The molecule has 0 spiro atoms. The van der Waals surface area contributed by atoms with Crippen LogP contribution in [-0.4, -0.2) is 47.7 Å². The van der Waals surface area contributed by atoms with Crippen LogP contribution in [0, 0.1) is 5.92 Å². The summed E-state index contributed by atoms with van der Waals surface area (Å²) in [6, 6.07) is 23.4. The van der Waals surface area contributed by atoms with Crippen LogP contribution >= 0.6 is 0 Å². The Balaban J connectivity index is 1.23. The van der Waals surface area contributed by atoms with Crippen LogP contribution in [0.15, 0.2) is 78.9 Å². The number of nitrogens with one attached hydrogen (secondary N) is 2. The molecule has 218 valence electrons. The number of benzene rings is 3. The van der Waals surface area contributed by atoms with E-state index in [9.17, 15) is 24.3 Å². The molecule has 2 aliphatic rings. The molecule has 0 bridgehead atoms. The molecular formula is C33H34N2O7. The first kappa shape index (κ1) is 28.9. The molecule has 2 aliphatic carbocycles. The fourth-order valence-electron chi connectivity index (χ4n) is 5.80. The Morgan fingerprint density at radius 2 is 1.48 bits per heavy atom. The zero-order chi connectivity index (χ0) is 29.5. The van der Waals surface area contributed by atoms with Crippen molar-refractivity contribution in [2.45, 2.75) is 56.7 Å². The minimum atomic E-state index is -1.26. The number of carbonyl (C=O) groups is 4. The van der Waals surface area contributed by atoms with Crippen molar-refractivity contribution in [3.63, 3.8) is 0 Å². The number of carbonyl (C=O) groups excluding carboxylic acids is 3. The first-order chi connectivity index (χ1) is 20.4. The summed E-state index contributed by atoms with van der Waals surface area (Å²) in [5, 5.41) is 14.8. The number of esters is 1. The highest BCUT2D eigenvalue weighted by molar-refractivity contribution is 5.90. The lowest BCUT2D eigenvalue weighted by Crippen LogP contribution is -2.51. The summed E-state index contributed by atoms with van der Waals surface area (Å²) in [5.41, 5.74) is 5.07. The van der Waals surface area contributed by atoms with Crippen LogP contribution < -0.4 is 10.6 Å². The molecule has 2 amide bonds. The highest BCUT2D eigenvalue weighted by atomic mass is 16.5. The molecule has 3 aromatic carbocycles. The average Bonchev–Trinajstić information content (AvgIpc) is 3.33. The SMILES string of the molecule is O=C(C[C@H](NC(=O)OCC1c2ccccc2-c2ccccc21)C(=O)N[C@@H]1CCC[C@@H](C(=O)O)C1)OCc1ccccc1. The smallest absolute Gasteiger partial charge is 0.407 e. The van der Waals surface area contributed by atoms with Crippen LogP contribution in [0.5, 0.6) is 0 Å². The van der Waals surface area contributed by atoms with Gasteiger partial charge in [-0.25, -0.2) is 4.79 Å². The van der Waals surface area contributed by atoms with E-state index in [-0.39, 0.29) is 31.6 Å². The number of fused-ring (bicyclic) bond motifs is 3. The van der Waals surface area contributed by atoms with Crippen molar-refractivity contribution < 1.29 is 33.8 Å². The lowest BCUT2D eigenvalue weighted by molar-refractivity contribution is -0.147. The maximum Gasteiger partial charge on any atom is 0.407 e. The van der Waals surface area contributed by atoms with Crippen molar-refractivity contribution in [3.8, 4) is 11.1 Å². The number of hydrogen-bond acceptors (Lipinski definition) is 6. The lowest BCUT2D eigenvalue weighted by atomic mass is 9.85. The molecule has 0 aromatic heterocycles. The van der Waals surface area contributed by atoms with E-state index in [0.29, 0.717) is 19.3 Å². The van der Waals surface area contributed by atoms with Gasteiger partial charge in [-0.2, -0.15) is 0 Å². The van der Waals surface area contributed by atoms with Crippen LogP contribution in [0.25, 0.3) is 11.1 Å². The molecule has 0 aliphatic heterocycles. The number of rotatable bonds is 10. The van der Waals surface area contributed by atoms with Gasteiger partial charge in [-0.15, -0.1) is 0 Å². The standard InChI is InChI=1S/C33H34N2O7/c36-30(41-19-21-9-2-1-3-10-21)18-29(31(37)34-23-12-8-11-22(17-23)32(38)39)35-33(40)42-20-28-26-15-6-4-13-24(26)25-14-5-7-16-27(25)28/h1-7,9-10,13-16,22-23,28-29H,8,11-12,17-20H2,(H,34,37)(H,35,40)(H,38,39)/t22-,23-,29+/m1/s1. The van der Waals surface area contributed by atoms with E-state index in [1.807, 2.05) is 78.9 Å². The third kappa shape index (κ3) is 6.97. The normalized spacial score (nSPS) is 18.2. The summed E-state index contributed by atoms with van der Waals surface area (Å²) in [6.45, 7) is 0.0808. The topological polar surface area (TPSA) is 131 Å². The maximum absolute atomic E-state index is 13.3. The number of ether oxygens (including phenoxy) is 2. The molecule has 0 saturated heterocycles. The summed E-state index contributed by atoms with van der Waals surface area (Å²) in [4.78, 5) is 50.5. The van der Waals surface area contributed by atoms with E-state index in [1.54, 1.807) is 0 Å². The minimum Gasteiger partial charge on any atom is -0.481 e. The molecule has 42 heavy (non-hydrogen) atoms. The minimum absolute atomic E-state index is 0.0296. The van der Waals surface area contributed by atoms with Gasteiger partial charge < -0.3 is 25.2 Å². The van der Waals surface area contributed by atoms with Crippen molar-refractivity contribution >= 4 is 23.9 Å². The van der Waals surface area contributed by atoms with Gasteiger partial charge in [0.05, 0.1) is 12.3 Å². The van der Waals surface area contributed by atoms with Gasteiger partial charge in [-0.1, -0.05) is 85.3 Å². The van der Waals surface area contributed by atoms with Gasteiger partial charge in [-0.3, -0.25) is 14.4 Å². The van der Waals surface area contributed by atoms with E-state index >= 15 is 0 Å². The molecule has 1 saturated carbocycles. The number of amides is 2. The van der Waals surface area contributed by atoms with E-state index in [2.05, 4.69) is 10.6 Å². The van der Waals surface area contributed by atoms with Crippen molar-refractivity contribution in [1.29, 1.82) is 0 Å². The first-order valence-corrected chi connectivity index (χ1v) is 14.2. The number of aliphatic carboxylic acids is 1. The zero-order valence-electron chi connectivity index (χ0n) is 23.2. The monoisotopic (exact) mass is 570 g/mol. The van der Waals surface area contributed by atoms with Gasteiger partial charge in [0, 0.05) is 12.0 Å². The van der Waals surface area contributed by atoms with Crippen molar-refractivity contribution in [2.24, 2.45) is 5.92 Å². The highest BCUT2D eigenvalue weighted by Gasteiger charge is 2.33. The third-order valence-corrected chi connectivity index (χ3v) is 7.94. The van der Waals surface area contributed by atoms with Gasteiger partial charge in [0.25, 0.3) is 0 Å². The van der Waals surface area contributed by atoms with Gasteiger partial charge in [-0.05, 0) is 47.1 Å². The molecule has 3 atom stereocenters. The van der Waals surface area contributed by atoms with E-state index < -0.39 is 42.3 Å². The molecule has 3 N–H and O–H groups in total. The van der Waals surface area contributed by atoms with Crippen molar-refractivity contribution in [1.82, 2.24) is 10.6 Å². The van der Waals surface area contributed by atoms with E-state index in [0.717, 1.165) is 27.8 Å². The summed E-state index contributed by atoms with van der Waals surface area (Å²) in [7, 11) is 0. The molecule has 1 fully saturated rings. The zero-order valence-corrected chi connectivity index (χ0v) is 23.2. The molecule has 5 rings (SSSR count). The quantitative estimate of drug-likeness (QED) is 0.299. The second-order valence-electron chi connectivity index (χ2n) is 10.8. The van der Waals surface area contributed by atoms with Crippen LogP contribution in [0.2, 0.25) is 0 Å². The Morgan fingerprint density at radius 1 is 0.833 bits per heavy atom. The number of hydrogen-bond donors (Lipinski definition) is 3. The highest BCUT2D eigenvalue weighted by Crippen LogP contribution is 2.44. The molecule has 0 radical (unpaired) electrons. The molecule has 0 unspecified atom stereocenters. The second kappa shape index (κ2) is 13.3. The molecule has 9 heteroatoms. The Morgan fingerprint density at radius 3 is 2.14 bits per heavy atom. The summed E-state index contributed by atoms with van der Waals surface area (Å²) in [5.74, 6) is -2.86. The predicted molar refractivity (Wildman–Crippen MR) is 154 cm³/mol. The third-order valence-electron chi connectivity index (χ3n) is 7.94. The maximum atomic E-state index is 13.3. The Hall–Kier alpha value is -4.66. The average molecular weight is 571 g/mol. The second-order valence-corrected chi connectivity index (χ2v) is 10.8. The Labute approximate surface area is 244 Å². The lowest BCUT2D eigenvalue weighted by Gasteiger charge is -2.29. The first-order valence-electron chi connectivity index (χ1n) is 14.2. The number of carboxylic acid groups (broad SMARTS) is 1. The molecular weight excluding hydrogens is 536 g/mol. The molecule has 0 heterocycles. The summed E-state index contributed by atoms with van der Waals surface area (Å²) >= 11 is 0. The Bertz CT molecular complexity index is 1400. The van der Waals surface area contributed by atoms with Crippen molar-refractivity contribution in [2.75, 3.05) is 6.61 Å². The van der Waals surface area contributed by atoms with Gasteiger partial charge in [0.1, 0.15) is 19.3 Å². The van der Waals surface area contributed by atoms with Crippen LogP contribution in [0.4, 0.5) is 4.79 Å². The van der Waals surface area contributed by atoms with Crippen molar-refractivity contribution in [3.05, 3.63) is 95.6 Å². The number of carboxylic acids is 1.